The minimum Gasteiger partial charge on any atom is -0.423 e. The van der Waals surface area contributed by atoms with Gasteiger partial charge in [-0.25, -0.2) is 0 Å². The van der Waals surface area contributed by atoms with Crippen LogP contribution >= 0.6 is 0 Å². The minimum atomic E-state index is -1.46. The molecule has 74 valence electrons. The van der Waals surface area contributed by atoms with E-state index in [0.29, 0.717) is 11.9 Å². The largest absolute Gasteiger partial charge is 0.488 e. The first kappa shape index (κ1) is 11.2. The average Bonchev–Trinajstić information content (AvgIpc) is 2.18. The van der Waals surface area contributed by atoms with Gasteiger partial charge in [0.25, 0.3) is 0 Å². The highest BCUT2D eigenvalue weighted by Gasteiger charge is 2.10. The van der Waals surface area contributed by atoms with Crippen LogP contribution in [0, 0.1) is 0 Å². The molecule has 0 amide bonds. The fourth-order valence-electron chi connectivity index (χ4n) is 1.18. The topological polar surface area (TPSA) is 66.5 Å². The third-order valence-corrected chi connectivity index (χ3v) is 1.97. The molecule has 0 aliphatic heterocycles. The minimum absolute atomic E-state index is 0.419. The molecule has 0 aromatic heterocycles. The summed E-state index contributed by atoms with van der Waals surface area (Å²) in [6.45, 7) is 0. The third kappa shape index (κ3) is 3.14. The number of nitrogens with two attached hydrogens (primary N) is 1. The lowest BCUT2D eigenvalue weighted by Crippen LogP contribution is -2.30. The summed E-state index contributed by atoms with van der Waals surface area (Å²) in [4.78, 5) is 0. The molecule has 0 saturated carbocycles. The Morgan fingerprint density at radius 1 is 1.36 bits per heavy atom. The van der Waals surface area contributed by atoms with Crippen molar-refractivity contribution in [2.75, 3.05) is 0 Å². The maximum atomic E-state index is 12.1. The molecule has 3 nitrogen and oxygen atoms in total. The molecule has 0 bridgehead atoms. The van der Waals surface area contributed by atoms with Gasteiger partial charge >= 0.3 is 14.7 Å². The lowest BCUT2D eigenvalue weighted by atomic mass is 9.79. The highest BCUT2D eigenvalue weighted by molar-refractivity contribution is 6.58. The summed E-state index contributed by atoms with van der Waals surface area (Å²) in [6.07, 6.45) is 0.457. The molecular formula is C8H12B2FNO2. The zero-order chi connectivity index (χ0) is 10.6. The fourth-order valence-corrected chi connectivity index (χ4v) is 1.18. The van der Waals surface area contributed by atoms with Crippen molar-refractivity contribution in [2.45, 2.75) is 12.4 Å². The highest BCUT2D eigenvalue weighted by atomic mass is 19.1. The number of hydrogen-bond donors (Lipinski definition) is 3. The molecule has 0 saturated heterocycles. The predicted octanol–water partition coefficient (Wildman–Crippen LogP) is -1.49. The monoisotopic (exact) mass is 195 g/mol. The summed E-state index contributed by atoms with van der Waals surface area (Å²) >= 11 is 0. The Kier molecular flexibility index (Phi) is 4.13. The second kappa shape index (κ2) is 5.14. The van der Waals surface area contributed by atoms with E-state index in [1.807, 2.05) is 0 Å². The van der Waals surface area contributed by atoms with Crippen LogP contribution < -0.4 is 11.2 Å². The molecule has 1 aromatic rings. The first-order valence-electron chi connectivity index (χ1n) is 4.40. The summed E-state index contributed by atoms with van der Waals surface area (Å²) < 4.78 is 12.1. The van der Waals surface area contributed by atoms with Gasteiger partial charge in [-0.1, -0.05) is 24.3 Å². The summed E-state index contributed by atoms with van der Waals surface area (Å²) in [5, 5.41) is 17.6. The standard InChI is InChI=1S/C8H12B2FNO2/c11-9-8(12)5-6-1-3-7(4-2-6)10(13)14/h1-4,8-9,13-14H,5,12H2/t8-/m0/s1. The van der Waals surface area contributed by atoms with Gasteiger partial charge in [0.1, 0.15) is 0 Å². The van der Waals surface area contributed by atoms with Gasteiger partial charge in [-0.3, -0.25) is 0 Å². The summed E-state index contributed by atoms with van der Waals surface area (Å²) in [7, 11) is -2.01. The van der Waals surface area contributed by atoms with E-state index in [2.05, 4.69) is 0 Å². The van der Waals surface area contributed by atoms with Gasteiger partial charge in [0.05, 0.1) is 0 Å². The van der Waals surface area contributed by atoms with Crippen LogP contribution in [0.5, 0.6) is 0 Å². The first-order chi connectivity index (χ1) is 6.63. The van der Waals surface area contributed by atoms with Crippen molar-refractivity contribution in [3.63, 3.8) is 0 Å². The predicted molar refractivity (Wildman–Crippen MR) is 56.2 cm³/mol. The van der Waals surface area contributed by atoms with E-state index in [-0.39, 0.29) is 0 Å². The van der Waals surface area contributed by atoms with Crippen LogP contribution in [0.2, 0.25) is 0 Å². The molecule has 0 radical (unpaired) electrons. The average molecular weight is 195 g/mol. The van der Waals surface area contributed by atoms with Gasteiger partial charge in [0.15, 0.2) is 0 Å². The zero-order valence-corrected chi connectivity index (χ0v) is 7.73. The van der Waals surface area contributed by atoms with Gasteiger partial charge in [0.2, 0.25) is 0 Å². The number of hydrogen-bond acceptors (Lipinski definition) is 3. The van der Waals surface area contributed by atoms with E-state index in [1.165, 1.54) is 0 Å². The Bertz CT molecular complexity index is 281. The van der Waals surface area contributed by atoms with E-state index >= 15 is 0 Å². The van der Waals surface area contributed by atoms with Crippen molar-refractivity contribution in [1.29, 1.82) is 0 Å². The van der Waals surface area contributed by atoms with Crippen molar-refractivity contribution < 1.29 is 14.4 Å². The van der Waals surface area contributed by atoms with Gasteiger partial charge in [0, 0.05) is 5.94 Å². The van der Waals surface area contributed by atoms with Crippen LogP contribution in [0.4, 0.5) is 4.32 Å². The highest BCUT2D eigenvalue weighted by Crippen LogP contribution is 2.00. The molecule has 6 heteroatoms. The quantitative estimate of drug-likeness (QED) is 0.513. The lowest BCUT2D eigenvalue weighted by Gasteiger charge is -2.06. The molecule has 1 aromatic carbocycles. The number of halogens is 1. The summed E-state index contributed by atoms with van der Waals surface area (Å²) in [5.74, 6) is -0.486. The Labute approximate surface area is 83.2 Å². The Morgan fingerprint density at radius 3 is 2.36 bits per heavy atom. The maximum absolute atomic E-state index is 12.1. The third-order valence-electron chi connectivity index (χ3n) is 1.97. The van der Waals surface area contributed by atoms with Crippen LogP contribution in [0.1, 0.15) is 5.56 Å². The fraction of sp³-hybridized carbons (Fsp3) is 0.250. The zero-order valence-electron chi connectivity index (χ0n) is 7.73. The SMILES string of the molecule is N[C@H](BF)Cc1ccc(B(O)O)cc1. The lowest BCUT2D eigenvalue weighted by molar-refractivity contribution is 0.426. The molecule has 0 fully saturated rings. The molecule has 0 aliphatic rings. The molecule has 4 N–H and O–H groups in total. The Hall–Kier alpha value is -0.840. The van der Waals surface area contributed by atoms with Crippen LogP contribution in [0.3, 0.4) is 0 Å². The molecule has 1 atom stereocenters. The number of rotatable bonds is 4. The van der Waals surface area contributed by atoms with Crippen molar-refractivity contribution in [1.82, 2.24) is 0 Å². The summed E-state index contributed by atoms with van der Waals surface area (Å²) in [6, 6.07) is 6.60. The van der Waals surface area contributed by atoms with E-state index in [1.54, 1.807) is 24.3 Å². The van der Waals surface area contributed by atoms with Gasteiger partial charge in [-0.05, 0) is 17.4 Å². The van der Waals surface area contributed by atoms with Crippen LogP contribution in [0.15, 0.2) is 24.3 Å². The van der Waals surface area contributed by atoms with Crippen LogP contribution in [0.25, 0.3) is 0 Å². The van der Waals surface area contributed by atoms with Gasteiger partial charge in [-0.2, -0.15) is 0 Å². The van der Waals surface area contributed by atoms with Crippen LogP contribution in [-0.2, 0) is 6.42 Å². The smallest absolute Gasteiger partial charge is 0.423 e. The van der Waals surface area contributed by atoms with E-state index in [4.69, 9.17) is 15.8 Å². The molecule has 0 unspecified atom stereocenters. The molecule has 0 spiro atoms. The maximum Gasteiger partial charge on any atom is 0.488 e. The molecular weight excluding hydrogens is 183 g/mol. The van der Waals surface area contributed by atoms with Crippen molar-refractivity contribution >= 4 is 20.1 Å². The van der Waals surface area contributed by atoms with Crippen LogP contribution in [-0.4, -0.2) is 30.7 Å². The number of benzene rings is 1. The molecule has 14 heavy (non-hydrogen) atoms. The molecule has 0 heterocycles. The molecule has 0 aliphatic carbocycles. The van der Waals surface area contributed by atoms with Gasteiger partial charge < -0.3 is 20.1 Å². The normalized spacial score (nSPS) is 12.3. The van der Waals surface area contributed by atoms with E-state index in [9.17, 15) is 4.32 Å². The second-order valence-corrected chi connectivity index (χ2v) is 3.23. The first-order valence-corrected chi connectivity index (χ1v) is 4.40. The van der Waals surface area contributed by atoms with Crippen molar-refractivity contribution in [2.24, 2.45) is 5.73 Å². The summed E-state index contributed by atoms with van der Waals surface area (Å²) in [5.41, 5.74) is 6.74. The second-order valence-electron chi connectivity index (χ2n) is 3.23. The Morgan fingerprint density at radius 2 is 1.93 bits per heavy atom. The van der Waals surface area contributed by atoms with Gasteiger partial charge in [-0.15, -0.1) is 0 Å². The van der Waals surface area contributed by atoms with Crippen molar-refractivity contribution in [3.05, 3.63) is 29.8 Å². The Balaban J connectivity index is 2.64. The van der Waals surface area contributed by atoms with E-state index in [0.717, 1.165) is 5.56 Å². The van der Waals surface area contributed by atoms with Crippen molar-refractivity contribution in [3.8, 4) is 0 Å². The van der Waals surface area contributed by atoms with E-state index < -0.39 is 20.6 Å². The molecule has 1 rings (SSSR count).